The summed E-state index contributed by atoms with van der Waals surface area (Å²) < 4.78 is 0. The van der Waals surface area contributed by atoms with Gasteiger partial charge in [0.15, 0.2) is 0 Å². The Labute approximate surface area is 111 Å². The first-order chi connectivity index (χ1) is 9.16. The van der Waals surface area contributed by atoms with Gasteiger partial charge in [-0.05, 0) is 37.0 Å². The number of carboxylic acids is 1. The number of aliphatic carboxylic acids is 1. The Balaban J connectivity index is 1.68. The van der Waals surface area contributed by atoms with Gasteiger partial charge < -0.3 is 10.0 Å². The van der Waals surface area contributed by atoms with Gasteiger partial charge in [-0.15, -0.1) is 0 Å². The summed E-state index contributed by atoms with van der Waals surface area (Å²) in [7, 11) is 0. The molecule has 3 rings (SSSR count). The van der Waals surface area contributed by atoms with E-state index in [1.807, 2.05) is 17.0 Å². The van der Waals surface area contributed by atoms with Crippen LogP contribution in [0.2, 0.25) is 0 Å². The quantitative estimate of drug-likeness (QED) is 0.866. The highest BCUT2D eigenvalue weighted by atomic mass is 16.4. The fourth-order valence-corrected chi connectivity index (χ4v) is 2.41. The van der Waals surface area contributed by atoms with Crippen LogP contribution in [0.1, 0.15) is 24.8 Å². The van der Waals surface area contributed by atoms with E-state index in [2.05, 4.69) is 4.98 Å². The van der Waals surface area contributed by atoms with Crippen LogP contribution in [0.15, 0.2) is 24.5 Å². The third-order valence-corrected chi connectivity index (χ3v) is 3.80. The van der Waals surface area contributed by atoms with Crippen LogP contribution in [-0.2, 0) is 16.1 Å². The van der Waals surface area contributed by atoms with Crippen LogP contribution in [-0.4, -0.2) is 32.9 Å². The predicted molar refractivity (Wildman–Crippen MR) is 67.0 cm³/mol. The Morgan fingerprint density at radius 1 is 1.26 bits per heavy atom. The molecule has 1 heterocycles. The highest BCUT2D eigenvalue weighted by molar-refractivity contribution is 5.89. The van der Waals surface area contributed by atoms with Gasteiger partial charge in [-0.25, -0.2) is 0 Å². The third kappa shape index (κ3) is 2.59. The molecule has 1 aromatic heterocycles. The molecule has 1 amide bonds. The molecule has 0 radical (unpaired) electrons. The van der Waals surface area contributed by atoms with Gasteiger partial charge in [-0.1, -0.05) is 0 Å². The molecule has 0 saturated heterocycles. The van der Waals surface area contributed by atoms with E-state index in [0.717, 1.165) is 18.4 Å². The lowest BCUT2D eigenvalue weighted by Gasteiger charge is -2.22. The van der Waals surface area contributed by atoms with Gasteiger partial charge >= 0.3 is 5.97 Å². The average Bonchev–Trinajstić information content (AvgIpc) is 3.29. The standard InChI is InChI=1S/C14H16N2O3/c17-13(11-7-12(11)14(18)19)16(10-1-2-10)8-9-3-5-15-6-4-9/h3-6,10-12H,1-2,7-8H2,(H,18,19). The van der Waals surface area contributed by atoms with E-state index in [9.17, 15) is 9.59 Å². The summed E-state index contributed by atoms with van der Waals surface area (Å²) in [6.45, 7) is 0.564. The van der Waals surface area contributed by atoms with Crippen molar-refractivity contribution in [1.82, 2.24) is 9.88 Å². The molecule has 2 unspecified atom stereocenters. The molecule has 19 heavy (non-hydrogen) atoms. The van der Waals surface area contributed by atoms with Crippen molar-refractivity contribution in [2.45, 2.75) is 31.8 Å². The molecule has 2 aliphatic carbocycles. The van der Waals surface area contributed by atoms with Crippen molar-refractivity contribution in [3.63, 3.8) is 0 Å². The lowest BCUT2D eigenvalue weighted by molar-refractivity contribution is -0.142. The first kappa shape index (κ1) is 12.1. The molecule has 1 aromatic rings. The summed E-state index contributed by atoms with van der Waals surface area (Å²) in [5.41, 5.74) is 1.04. The fourth-order valence-electron chi connectivity index (χ4n) is 2.41. The summed E-state index contributed by atoms with van der Waals surface area (Å²) in [6.07, 6.45) is 5.97. The van der Waals surface area contributed by atoms with Gasteiger partial charge in [0.1, 0.15) is 0 Å². The Kier molecular flexibility index (Phi) is 2.97. The SMILES string of the molecule is O=C(O)C1CC1C(=O)N(Cc1ccncc1)C1CC1. The fraction of sp³-hybridized carbons (Fsp3) is 0.500. The smallest absolute Gasteiger partial charge is 0.307 e. The summed E-state index contributed by atoms with van der Waals surface area (Å²) in [4.78, 5) is 29.0. The van der Waals surface area contributed by atoms with E-state index in [-0.39, 0.29) is 11.8 Å². The van der Waals surface area contributed by atoms with Crippen molar-refractivity contribution in [3.8, 4) is 0 Å². The molecule has 2 fully saturated rings. The maximum absolute atomic E-state index is 12.4. The van der Waals surface area contributed by atoms with Crippen LogP contribution < -0.4 is 0 Å². The van der Waals surface area contributed by atoms with Crippen molar-refractivity contribution in [3.05, 3.63) is 30.1 Å². The van der Waals surface area contributed by atoms with E-state index in [4.69, 9.17) is 5.11 Å². The summed E-state index contributed by atoms with van der Waals surface area (Å²) in [5.74, 6) is -1.61. The first-order valence-corrected chi connectivity index (χ1v) is 6.59. The van der Waals surface area contributed by atoms with Gasteiger partial charge in [0, 0.05) is 25.0 Å². The molecule has 2 aliphatic rings. The monoisotopic (exact) mass is 260 g/mol. The number of carbonyl (C=O) groups excluding carboxylic acids is 1. The number of hydrogen-bond donors (Lipinski definition) is 1. The lowest BCUT2D eigenvalue weighted by Crippen LogP contribution is -2.34. The third-order valence-electron chi connectivity index (χ3n) is 3.80. The summed E-state index contributed by atoms with van der Waals surface area (Å²) in [6, 6.07) is 4.09. The van der Waals surface area contributed by atoms with Crippen LogP contribution in [0.4, 0.5) is 0 Å². The second kappa shape index (κ2) is 4.64. The van der Waals surface area contributed by atoms with E-state index in [1.54, 1.807) is 12.4 Å². The zero-order chi connectivity index (χ0) is 13.4. The van der Waals surface area contributed by atoms with E-state index >= 15 is 0 Å². The van der Waals surface area contributed by atoms with Gasteiger partial charge in [-0.2, -0.15) is 0 Å². The number of amides is 1. The van der Waals surface area contributed by atoms with E-state index < -0.39 is 11.9 Å². The molecule has 100 valence electrons. The highest BCUT2D eigenvalue weighted by Gasteiger charge is 2.51. The van der Waals surface area contributed by atoms with Crippen molar-refractivity contribution in [1.29, 1.82) is 0 Å². The molecular formula is C14H16N2O3. The van der Waals surface area contributed by atoms with Crippen LogP contribution in [0.5, 0.6) is 0 Å². The van der Waals surface area contributed by atoms with Crippen molar-refractivity contribution >= 4 is 11.9 Å². The maximum atomic E-state index is 12.4. The number of rotatable bonds is 5. The first-order valence-electron chi connectivity index (χ1n) is 6.59. The zero-order valence-corrected chi connectivity index (χ0v) is 10.5. The van der Waals surface area contributed by atoms with Crippen molar-refractivity contribution in [2.24, 2.45) is 11.8 Å². The highest BCUT2D eigenvalue weighted by Crippen LogP contribution is 2.42. The van der Waals surface area contributed by atoms with Crippen LogP contribution in [0.3, 0.4) is 0 Å². The van der Waals surface area contributed by atoms with Gasteiger partial charge in [0.25, 0.3) is 0 Å². The summed E-state index contributed by atoms with van der Waals surface area (Å²) >= 11 is 0. The molecule has 0 spiro atoms. The van der Waals surface area contributed by atoms with Gasteiger partial charge in [-0.3, -0.25) is 14.6 Å². The van der Waals surface area contributed by atoms with Gasteiger partial charge in [0.2, 0.25) is 5.91 Å². The minimum Gasteiger partial charge on any atom is -0.481 e. The largest absolute Gasteiger partial charge is 0.481 e. The zero-order valence-electron chi connectivity index (χ0n) is 10.5. The molecule has 2 atom stereocenters. The number of aromatic nitrogens is 1. The van der Waals surface area contributed by atoms with Crippen molar-refractivity contribution in [2.75, 3.05) is 0 Å². The van der Waals surface area contributed by atoms with Crippen molar-refractivity contribution < 1.29 is 14.7 Å². The number of carbonyl (C=O) groups is 2. The average molecular weight is 260 g/mol. The normalized spacial score (nSPS) is 24.8. The molecular weight excluding hydrogens is 244 g/mol. The van der Waals surface area contributed by atoms with Gasteiger partial charge in [0.05, 0.1) is 11.8 Å². The Morgan fingerprint density at radius 2 is 1.95 bits per heavy atom. The number of hydrogen-bond acceptors (Lipinski definition) is 3. The number of nitrogens with zero attached hydrogens (tertiary/aromatic N) is 2. The Morgan fingerprint density at radius 3 is 2.47 bits per heavy atom. The summed E-state index contributed by atoms with van der Waals surface area (Å²) in [5, 5.41) is 8.92. The minimum atomic E-state index is -0.849. The molecule has 0 bridgehead atoms. The van der Waals surface area contributed by atoms with Crippen LogP contribution in [0.25, 0.3) is 0 Å². The van der Waals surface area contributed by atoms with Crippen LogP contribution >= 0.6 is 0 Å². The second-order valence-corrected chi connectivity index (χ2v) is 5.34. The van der Waals surface area contributed by atoms with Crippen LogP contribution in [0, 0.1) is 11.8 Å². The van der Waals surface area contributed by atoms with E-state index in [1.165, 1.54) is 0 Å². The molecule has 0 aliphatic heterocycles. The molecule has 0 aromatic carbocycles. The molecule has 5 heteroatoms. The second-order valence-electron chi connectivity index (χ2n) is 5.34. The predicted octanol–water partition coefficient (Wildman–Crippen LogP) is 1.29. The molecule has 2 saturated carbocycles. The number of carboxylic acid groups (broad SMARTS) is 1. The lowest BCUT2D eigenvalue weighted by atomic mass is 10.2. The molecule has 5 nitrogen and oxygen atoms in total. The molecule has 1 N–H and O–H groups in total. The minimum absolute atomic E-state index is 0.00622. The topological polar surface area (TPSA) is 70.5 Å². The Bertz CT molecular complexity index is 499. The number of pyridine rings is 1. The van der Waals surface area contributed by atoms with E-state index in [0.29, 0.717) is 19.0 Å². The maximum Gasteiger partial charge on any atom is 0.307 e. The Hall–Kier alpha value is -1.91.